The van der Waals surface area contributed by atoms with E-state index in [-0.39, 0.29) is 22.9 Å². The van der Waals surface area contributed by atoms with Gasteiger partial charge in [0.2, 0.25) is 5.82 Å². The summed E-state index contributed by atoms with van der Waals surface area (Å²) in [7, 11) is 0. The predicted octanol–water partition coefficient (Wildman–Crippen LogP) is 3.15. The first-order chi connectivity index (χ1) is 14.3. The molecule has 12 nitrogen and oxygen atoms in total. The normalized spacial score (nSPS) is 10.2. The summed E-state index contributed by atoms with van der Waals surface area (Å²) in [6.45, 7) is 1.88. The molecule has 0 unspecified atom stereocenters. The number of amides is 1. The maximum absolute atomic E-state index is 12.2. The fourth-order valence-electron chi connectivity index (χ4n) is 2.33. The van der Waals surface area contributed by atoms with Crippen molar-refractivity contribution in [1.82, 2.24) is 15.4 Å². The second-order valence-corrected chi connectivity index (χ2v) is 5.93. The number of aryl methyl sites for hydroxylation is 1. The number of nitro benzene ring substituents is 1. The van der Waals surface area contributed by atoms with Crippen molar-refractivity contribution in [3.63, 3.8) is 0 Å². The van der Waals surface area contributed by atoms with Gasteiger partial charge in [-0.1, -0.05) is 17.7 Å². The van der Waals surface area contributed by atoms with Gasteiger partial charge in [0.15, 0.2) is 0 Å². The zero-order valence-corrected chi connectivity index (χ0v) is 15.4. The Morgan fingerprint density at radius 2 is 1.63 bits per heavy atom. The molecule has 0 radical (unpaired) electrons. The Balaban J connectivity index is 1.78. The standard InChI is InChI=1S/C18H14N6O6/c1-11-2-8-14(9-3-11)30-18-15(24(28)29)16(19-10-20-18)21-22-17(25)12-4-6-13(7-5-12)23(26)27/h2-10H,1H3,(H,22,25)(H,19,20,21). The third kappa shape index (κ3) is 4.62. The molecule has 0 aliphatic rings. The molecule has 0 saturated carbocycles. The van der Waals surface area contributed by atoms with Crippen LogP contribution in [-0.4, -0.2) is 25.7 Å². The van der Waals surface area contributed by atoms with Gasteiger partial charge in [0, 0.05) is 17.7 Å². The summed E-state index contributed by atoms with van der Waals surface area (Å²) in [6.07, 6.45) is 1.04. The van der Waals surface area contributed by atoms with Crippen molar-refractivity contribution in [3.8, 4) is 11.6 Å². The number of nitro groups is 2. The minimum atomic E-state index is -0.746. The van der Waals surface area contributed by atoms with E-state index in [4.69, 9.17) is 4.74 Å². The Morgan fingerprint density at radius 3 is 2.23 bits per heavy atom. The van der Waals surface area contributed by atoms with Crippen LogP contribution in [0.3, 0.4) is 0 Å². The summed E-state index contributed by atoms with van der Waals surface area (Å²) < 4.78 is 5.48. The maximum Gasteiger partial charge on any atom is 0.374 e. The number of nitrogens with one attached hydrogen (secondary N) is 2. The summed E-state index contributed by atoms with van der Waals surface area (Å²) in [4.78, 5) is 40.6. The molecular formula is C18H14N6O6. The second kappa shape index (κ2) is 8.60. The predicted molar refractivity (Wildman–Crippen MR) is 104 cm³/mol. The van der Waals surface area contributed by atoms with Crippen LogP contribution in [0.15, 0.2) is 54.9 Å². The minimum absolute atomic E-state index is 0.0981. The number of non-ortho nitro benzene ring substituents is 1. The molecule has 0 bridgehead atoms. The minimum Gasteiger partial charge on any atom is -0.434 e. The molecule has 0 atom stereocenters. The number of carbonyl (C=O) groups is 1. The quantitative estimate of drug-likeness (QED) is 0.440. The van der Waals surface area contributed by atoms with Gasteiger partial charge in [-0.25, -0.2) is 4.98 Å². The average Bonchev–Trinajstić information content (AvgIpc) is 2.73. The Hall–Kier alpha value is -4.61. The monoisotopic (exact) mass is 410 g/mol. The van der Waals surface area contributed by atoms with E-state index in [1.807, 2.05) is 6.92 Å². The molecule has 2 N–H and O–H groups in total. The lowest BCUT2D eigenvalue weighted by atomic mass is 10.2. The largest absolute Gasteiger partial charge is 0.434 e. The van der Waals surface area contributed by atoms with Gasteiger partial charge < -0.3 is 4.74 Å². The molecule has 0 spiro atoms. The van der Waals surface area contributed by atoms with Crippen LogP contribution in [0.25, 0.3) is 0 Å². The summed E-state index contributed by atoms with van der Waals surface area (Å²) in [5.74, 6) is -0.958. The Kier molecular flexibility index (Phi) is 5.77. The van der Waals surface area contributed by atoms with Crippen LogP contribution >= 0.6 is 0 Å². The van der Waals surface area contributed by atoms with Gasteiger partial charge in [-0.05, 0) is 31.2 Å². The third-order valence-electron chi connectivity index (χ3n) is 3.84. The number of anilines is 1. The molecule has 1 amide bonds. The van der Waals surface area contributed by atoms with Crippen LogP contribution in [0.1, 0.15) is 15.9 Å². The Bertz CT molecular complexity index is 1100. The lowest BCUT2D eigenvalue weighted by Crippen LogP contribution is -2.30. The topological polar surface area (TPSA) is 162 Å². The zero-order valence-electron chi connectivity index (χ0n) is 15.4. The van der Waals surface area contributed by atoms with Crippen LogP contribution in [0.4, 0.5) is 17.2 Å². The number of aromatic nitrogens is 2. The number of hydrazine groups is 1. The highest BCUT2D eigenvalue weighted by Crippen LogP contribution is 2.33. The van der Waals surface area contributed by atoms with Crippen LogP contribution in [0.2, 0.25) is 0 Å². The molecule has 12 heteroatoms. The van der Waals surface area contributed by atoms with Gasteiger partial charge in [0.1, 0.15) is 12.1 Å². The van der Waals surface area contributed by atoms with Gasteiger partial charge >= 0.3 is 11.6 Å². The second-order valence-electron chi connectivity index (χ2n) is 5.93. The number of carbonyl (C=O) groups excluding carboxylic acids is 1. The molecule has 1 aromatic heterocycles. The van der Waals surface area contributed by atoms with Gasteiger partial charge in [0.05, 0.1) is 9.85 Å². The van der Waals surface area contributed by atoms with Crippen molar-refractivity contribution in [1.29, 1.82) is 0 Å². The first-order valence-electron chi connectivity index (χ1n) is 8.40. The van der Waals surface area contributed by atoms with Crippen molar-refractivity contribution in [2.75, 3.05) is 5.43 Å². The van der Waals surface area contributed by atoms with Crippen molar-refractivity contribution in [3.05, 3.63) is 86.2 Å². The summed E-state index contributed by atoms with van der Waals surface area (Å²) >= 11 is 0. The summed E-state index contributed by atoms with van der Waals surface area (Å²) in [5.41, 5.74) is 4.93. The maximum atomic E-state index is 12.2. The highest BCUT2D eigenvalue weighted by atomic mass is 16.6. The van der Waals surface area contributed by atoms with Gasteiger partial charge in [0.25, 0.3) is 11.6 Å². The van der Waals surface area contributed by atoms with Gasteiger partial charge in [-0.3, -0.25) is 35.9 Å². The van der Waals surface area contributed by atoms with Gasteiger partial charge in [-0.15, -0.1) is 0 Å². The molecular weight excluding hydrogens is 396 g/mol. The SMILES string of the molecule is Cc1ccc(Oc2ncnc(NNC(=O)c3ccc([N+](=O)[O-])cc3)c2[N+](=O)[O-])cc1. The Morgan fingerprint density at radius 1 is 0.967 bits per heavy atom. The van der Waals surface area contributed by atoms with Crippen molar-refractivity contribution in [2.45, 2.75) is 6.92 Å². The molecule has 2 aromatic carbocycles. The highest BCUT2D eigenvalue weighted by Gasteiger charge is 2.25. The summed E-state index contributed by atoms with van der Waals surface area (Å²) in [6, 6.07) is 11.6. The fraction of sp³-hybridized carbons (Fsp3) is 0.0556. The van der Waals surface area contributed by atoms with Crippen LogP contribution < -0.4 is 15.6 Å². The number of rotatable bonds is 7. The van der Waals surface area contributed by atoms with E-state index in [2.05, 4.69) is 20.8 Å². The highest BCUT2D eigenvalue weighted by molar-refractivity contribution is 5.95. The van der Waals surface area contributed by atoms with E-state index in [0.717, 1.165) is 24.0 Å². The number of hydrogen-bond acceptors (Lipinski definition) is 9. The molecule has 0 aliphatic carbocycles. The smallest absolute Gasteiger partial charge is 0.374 e. The molecule has 0 saturated heterocycles. The molecule has 3 rings (SSSR count). The van der Waals surface area contributed by atoms with Crippen molar-refractivity contribution in [2.24, 2.45) is 0 Å². The van der Waals surface area contributed by atoms with Gasteiger partial charge in [-0.2, -0.15) is 4.98 Å². The number of hydrogen-bond donors (Lipinski definition) is 2. The average molecular weight is 410 g/mol. The number of ether oxygens (including phenoxy) is 1. The van der Waals surface area contributed by atoms with Crippen LogP contribution in [-0.2, 0) is 0 Å². The third-order valence-corrected chi connectivity index (χ3v) is 3.84. The van der Waals surface area contributed by atoms with E-state index in [0.29, 0.717) is 5.75 Å². The molecule has 152 valence electrons. The molecule has 3 aromatic rings. The van der Waals surface area contributed by atoms with E-state index in [1.54, 1.807) is 24.3 Å². The molecule has 30 heavy (non-hydrogen) atoms. The molecule has 0 aliphatic heterocycles. The van der Waals surface area contributed by atoms with Crippen molar-refractivity contribution >= 4 is 23.1 Å². The number of nitrogens with zero attached hydrogens (tertiary/aromatic N) is 4. The summed E-state index contributed by atoms with van der Waals surface area (Å²) in [5, 5.41) is 22.2. The zero-order chi connectivity index (χ0) is 21.7. The molecule has 0 fully saturated rings. The number of benzene rings is 2. The van der Waals surface area contributed by atoms with Crippen LogP contribution in [0.5, 0.6) is 11.6 Å². The van der Waals surface area contributed by atoms with E-state index in [1.165, 1.54) is 12.1 Å². The van der Waals surface area contributed by atoms with Crippen molar-refractivity contribution < 1.29 is 19.4 Å². The Labute approximate surface area is 168 Å². The van der Waals surface area contributed by atoms with E-state index in [9.17, 15) is 25.0 Å². The first kappa shape index (κ1) is 20.1. The molecule has 1 heterocycles. The first-order valence-corrected chi connectivity index (χ1v) is 8.40. The van der Waals surface area contributed by atoms with Crippen LogP contribution in [0, 0.1) is 27.2 Å². The lowest BCUT2D eigenvalue weighted by molar-refractivity contribution is -0.385. The lowest BCUT2D eigenvalue weighted by Gasteiger charge is -2.10. The van der Waals surface area contributed by atoms with E-state index >= 15 is 0 Å². The van der Waals surface area contributed by atoms with E-state index < -0.39 is 21.4 Å². The fourth-order valence-corrected chi connectivity index (χ4v) is 2.33.